The molecule has 25 heavy (non-hydrogen) atoms. The second kappa shape index (κ2) is 8.34. The number of anilines is 1. The first-order valence-electron chi connectivity index (χ1n) is 8.56. The average Bonchev–Trinajstić information content (AvgIpc) is 2.55. The minimum atomic E-state index is -3.79. The quantitative estimate of drug-likeness (QED) is 0.702. The molecule has 0 saturated heterocycles. The number of ether oxygens (including phenoxy) is 1. The molecule has 1 aromatic carbocycles. The van der Waals surface area contributed by atoms with E-state index < -0.39 is 10.0 Å². The number of unbranched alkanes of at least 4 members (excludes halogenated alkanes) is 1. The molecule has 0 saturated carbocycles. The van der Waals surface area contributed by atoms with Crippen LogP contribution in [-0.4, -0.2) is 20.0 Å². The van der Waals surface area contributed by atoms with E-state index >= 15 is 0 Å². The average molecular weight is 362 g/mol. The van der Waals surface area contributed by atoms with Crippen molar-refractivity contribution in [1.82, 2.24) is 4.98 Å². The number of hydrogen-bond donors (Lipinski definition) is 1. The van der Waals surface area contributed by atoms with Gasteiger partial charge in [-0.2, -0.15) is 0 Å². The van der Waals surface area contributed by atoms with Gasteiger partial charge in [-0.15, -0.1) is 0 Å². The van der Waals surface area contributed by atoms with Gasteiger partial charge in [-0.1, -0.05) is 33.3 Å². The fourth-order valence-electron chi connectivity index (χ4n) is 2.56. The molecular weight excluding hydrogens is 336 g/mol. The zero-order valence-corrected chi connectivity index (χ0v) is 16.1. The van der Waals surface area contributed by atoms with Crippen molar-refractivity contribution in [2.24, 2.45) is 0 Å². The molecule has 5 nitrogen and oxygen atoms in total. The third-order valence-corrected chi connectivity index (χ3v) is 5.28. The van der Waals surface area contributed by atoms with E-state index in [-0.39, 0.29) is 16.6 Å². The number of nitrogens with one attached hydrogen (secondary N) is 1. The van der Waals surface area contributed by atoms with Gasteiger partial charge in [0.2, 0.25) is 0 Å². The first-order chi connectivity index (χ1) is 11.8. The molecule has 0 fully saturated rings. The van der Waals surface area contributed by atoms with Crippen molar-refractivity contribution in [2.45, 2.75) is 51.3 Å². The van der Waals surface area contributed by atoms with Gasteiger partial charge >= 0.3 is 0 Å². The van der Waals surface area contributed by atoms with Crippen LogP contribution in [0.4, 0.5) is 5.82 Å². The summed E-state index contributed by atoms with van der Waals surface area (Å²) < 4.78 is 34.1. The van der Waals surface area contributed by atoms with E-state index in [9.17, 15) is 8.42 Å². The lowest BCUT2D eigenvalue weighted by Crippen LogP contribution is -2.16. The van der Waals surface area contributed by atoms with Gasteiger partial charge in [0.15, 0.2) is 0 Å². The maximum atomic E-state index is 12.9. The summed E-state index contributed by atoms with van der Waals surface area (Å²) in [5.74, 6) is 0.890. The maximum Gasteiger partial charge on any atom is 0.266 e. The van der Waals surface area contributed by atoms with E-state index in [1.54, 1.807) is 30.5 Å². The monoisotopic (exact) mass is 362 g/mol. The zero-order chi connectivity index (χ0) is 18.4. The SMILES string of the molecule is CCCCOc1cc(C)c(C(C)C)cc1S(=O)(=O)Nc1ccccn1. The molecule has 0 atom stereocenters. The predicted molar refractivity (Wildman–Crippen MR) is 101 cm³/mol. The lowest BCUT2D eigenvalue weighted by atomic mass is 9.98. The van der Waals surface area contributed by atoms with E-state index in [4.69, 9.17) is 4.74 Å². The largest absolute Gasteiger partial charge is 0.492 e. The van der Waals surface area contributed by atoms with Gasteiger partial charge in [-0.3, -0.25) is 4.72 Å². The number of hydrogen-bond acceptors (Lipinski definition) is 4. The minimum Gasteiger partial charge on any atom is -0.492 e. The first-order valence-corrected chi connectivity index (χ1v) is 10.0. The predicted octanol–water partition coefficient (Wildman–Crippen LogP) is 4.49. The summed E-state index contributed by atoms with van der Waals surface area (Å²) in [5, 5.41) is 0. The molecule has 0 amide bonds. The highest BCUT2D eigenvalue weighted by Crippen LogP contribution is 2.32. The topological polar surface area (TPSA) is 68.3 Å². The molecular formula is C19H26N2O3S. The molecule has 0 aliphatic heterocycles. The Balaban J connectivity index is 2.45. The molecule has 0 aliphatic rings. The van der Waals surface area contributed by atoms with Crippen molar-refractivity contribution in [3.05, 3.63) is 47.7 Å². The van der Waals surface area contributed by atoms with Crippen LogP contribution in [0.5, 0.6) is 5.75 Å². The highest BCUT2D eigenvalue weighted by Gasteiger charge is 2.23. The normalized spacial score (nSPS) is 11.6. The molecule has 2 aromatic rings. The van der Waals surface area contributed by atoms with Crippen LogP contribution >= 0.6 is 0 Å². The van der Waals surface area contributed by atoms with Gasteiger partial charge in [-0.25, -0.2) is 13.4 Å². The summed E-state index contributed by atoms with van der Waals surface area (Å²) in [4.78, 5) is 4.19. The van der Waals surface area contributed by atoms with Crippen molar-refractivity contribution in [3.63, 3.8) is 0 Å². The van der Waals surface area contributed by atoms with Gasteiger partial charge in [-0.05, 0) is 54.7 Å². The van der Waals surface area contributed by atoms with Crippen LogP contribution in [0.3, 0.4) is 0 Å². The number of aromatic nitrogens is 1. The zero-order valence-electron chi connectivity index (χ0n) is 15.2. The summed E-state index contributed by atoms with van der Waals surface area (Å²) >= 11 is 0. The Labute approximate surface area is 150 Å². The number of sulfonamides is 1. The Morgan fingerprint density at radius 1 is 1.24 bits per heavy atom. The Hall–Kier alpha value is -2.08. The molecule has 1 aromatic heterocycles. The highest BCUT2D eigenvalue weighted by molar-refractivity contribution is 7.92. The van der Waals surface area contributed by atoms with E-state index in [1.807, 2.05) is 26.8 Å². The Morgan fingerprint density at radius 3 is 2.60 bits per heavy atom. The lowest BCUT2D eigenvalue weighted by molar-refractivity contribution is 0.301. The van der Waals surface area contributed by atoms with Crippen molar-refractivity contribution >= 4 is 15.8 Å². The molecule has 0 unspecified atom stereocenters. The van der Waals surface area contributed by atoms with Crippen LogP contribution in [0.15, 0.2) is 41.4 Å². The number of benzene rings is 1. The van der Waals surface area contributed by atoms with E-state index in [1.165, 1.54) is 0 Å². The van der Waals surface area contributed by atoms with Gasteiger partial charge in [0, 0.05) is 6.20 Å². The first kappa shape index (κ1) is 19.2. The van der Waals surface area contributed by atoms with Crippen LogP contribution < -0.4 is 9.46 Å². The molecule has 1 heterocycles. The number of pyridine rings is 1. The van der Waals surface area contributed by atoms with Crippen molar-refractivity contribution in [2.75, 3.05) is 11.3 Å². The summed E-state index contributed by atoms with van der Waals surface area (Å²) in [5.41, 5.74) is 2.02. The van der Waals surface area contributed by atoms with Crippen molar-refractivity contribution in [1.29, 1.82) is 0 Å². The second-order valence-corrected chi connectivity index (χ2v) is 7.98. The van der Waals surface area contributed by atoms with Gasteiger partial charge in [0.05, 0.1) is 6.61 Å². The summed E-state index contributed by atoms with van der Waals surface area (Å²) in [6.07, 6.45) is 3.40. The van der Waals surface area contributed by atoms with E-state index in [0.717, 1.165) is 24.0 Å². The van der Waals surface area contributed by atoms with Crippen LogP contribution in [0.1, 0.15) is 50.7 Å². The van der Waals surface area contributed by atoms with E-state index in [0.29, 0.717) is 12.4 Å². The Morgan fingerprint density at radius 2 is 2.00 bits per heavy atom. The number of rotatable bonds is 8. The molecule has 136 valence electrons. The van der Waals surface area contributed by atoms with Crippen LogP contribution in [-0.2, 0) is 10.0 Å². The number of aryl methyl sites for hydroxylation is 1. The minimum absolute atomic E-state index is 0.156. The van der Waals surface area contributed by atoms with Crippen LogP contribution in [0.25, 0.3) is 0 Å². The fourth-order valence-corrected chi connectivity index (χ4v) is 3.74. The van der Waals surface area contributed by atoms with Crippen molar-refractivity contribution < 1.29 is 13.2 Å². The molecule has 0 radical (unpaired) electrons. The van der Waals surface area contributed by atoms with Gasteiger partial charge < -0.3 is 4.74 Å². The van der Waals surface area contributed by atoms with Crippen LogP contribution in [0.2, 0.25) is 0 Å². The third kappa shape index (κ3) is 4.95. The molecule has 0 spiro atoms. The van der Waals surface area contributed by atoms with Gasteiger partial charge in [0.25, 0.3) is 10.0 Å². The standard InChI is InChI=1S/C19H26N2O3S/c1-5-6-11-24-17-12-15(4)16(14(2)3)13-18(17)25(22,23)21-19-9-7-8-10-20-19/h7-10,12-14H,5-6,11H2,1-4H3,(H,20,21). The molecule has 2 rings (SSSR count). The summed E-state index contributed by atoms with van der Waals surface area (Å²) in [6.45, 7) is 8.62. The smallest absolute Gasteiger partial charge is 0.266 e. The van der Waals surface area contributed by atoms with Crippen LogP contribution in [0, 0.1) is 6.92 Å². The number of nitrogens with zero attached hydrogens (tertiary/aromatic N) is 1. The highest BCUT2D eigenvalue weighted by atomic mass is 32.2. The summed E-state index contributed by atoms with van der Waals surface area (Å²) in [6, 6.07) is 8.62. The lowest BCUT2D eigenvalue weighted by Gasteiger charge is -2.18. The van der Waals surface area contributed by atoms with Gasteiger partial charge in [0.1, 0.15) is 16.5 Å². The molecule has 6 heteroatoms. The molecule has 0 aliphatic carbocycles. The fraction of sp³-hybridized carbons (Fsp3) is 0.421. The second-order valence-electron chi connectivity index (χ2n) is 6.33. The molecule has 1 N–H and O–H groups in total. The molecule has 0 bridgehead atoms. The maximum absolute atomic E-state index is 12.9. The summed E-state index contributed by atoms with van der Waals surface area (Å²) in [7, 11) is -3.79. The van der Waals surface area contributed by atoms with E-state index in [2.05, 4.69) is 16.6 Å². The Kier molecular flexibility index (Phi) is 6.42. The Bertz CT molecular complexity index is 803. The third-order valence-electron chi connectivity index (χ3n) is 3.90. The van der Waals surface area contributed by atoms with Crippen molar-refractivity contribution in [3.8, 4) is 5.75 Å².